The second kappa shape index (κ2) is 10.6. The lowest BCUT2D eigenvalue weighted by atomic mass is 10.00. The molecule has 2 aliphatic rings. The average Bonchev–Trinajstić information content (AvgIpc) is 3.41. The predicted molar refractivity (Wildman–Crippen MR) is 127 cm³/mol. The van der Waals surface area contributed by atoms with Crippen molar-refractivity contribution in [3.8, 4) is 0 Å². The van der Waals surface area contributed by atoms with Crippen LogP contribution in [0.5, 0.6) is 0 Å². The Morgan fingerprint density at radius 1 is 1.36 bits per heavy atom. The fraction of sp³-hybridized carbons (Fsp3) is 0.591. The maximum absolute atomic E-state index is 13.3. The molecule has 2 aromatic rings. The largest absolute Gasteiger partial charge is 0.367 e. The molecule has 2 fully saturated rings. The number of anilines is 1. The lowest BCUT2D eigenvalue weighted by Crippen LogP contribution is -2.33. The highest BCUT2D eigenvalue weighted by molar-refractivity contribution is 7.84. The van der Waals surface area contributed by atoms with Crippen molar-refractivity contribution in [1.82, 2.24) is 14.9 Å². The molecular formula is C22H31N5O4S2. The zero-order chi connectivity index (χ0) is 23.4. The number of nitrogens with two attached hydrogens (primary N) is 1. The molecule has 0 radical (unpaired) electrons. The summed E-state index contributed by atoms with van der Waals surface area (Å²) in [6.07, 6.45) is 7.84. The summed E-state index contributed by atoms with van der Waals surface area (Å²) in [4.78, 5) is 24.8. The minimum absolute atomic E-state index is 0.0698. The average molecular weight is 494 g/mol. The first-order valence-corrected chi connectivity index (χ1v) is 13.7. The van der Waals surface area contributed by atoms with Gasteiger partial charge in [0.15, 0.2) is 0 Å². The second-order valence-corrected chi connectivity index (χ2v) is 11.3. The highest BCUT2D eigenvalue weighted by Gasteiger charge is 2.28. The summed E-state index contributed by atoms with van der Waals surface area (Å²) in [5, 5.41) is 10.3. The van der Waals surface area contributed by atoms with Crippen LogP contribution >= 0.6 is 11.3 Å². The van der Waals surface area contributed by atoms with Gasteiger partial charge in [0, 0.05) is 25.3 Å². The molecule has 2 aromatic heterocycles. The van der Waals surface area contributed by atoms with Gasteiger partial charge in [-0.2, -0.15) is 8.42 Å². The van der Waals surface area contributed by atoms with Crippen LogP contribution in [-0.2, 0) is 21.0 Å². The van der Waals surface area contributed by atoms with Gasteiger partial charge in [-0.3, -0.25) is 13.9 Å². The first kappa shape index (κ1) is 24.2. The van der Waals surface area contributed by atoms with Crippen molar-refractivity contribution in [3.63, 3.8) is 0 Å². The van der Waals surface area contributed by atoms with E-state index in [1.165, 1.54) is 30.5 Å². The number of hydrogen-bond donors (Lipinski definition) is 2. The first-order chi connectivity index (χ1) is 15.8. The molecular weight excluding hydrogens is 462 g/mol. The number of piperidine rings is 1. The van der Waals surface area contributed by atoms with Crippen LogP contribution in [0.1, 0.15) is 59.8 Å². The first-order valence-electron chi connectivity index (χ1n) is 11.3. The maximum atomic E-state index is 13.3. The Labute approximate surface area is 199 Å². The number of thiophene rings is 1. The molecule has 1 aliphatic carbocycles. The van der Waals surface area contributed by atoms with Crippen LogP contribution in [0, 0.1) is 11.8 Å². The molecule has 1 unspecified atom stereocenters. The van der Waals surface area contributed by atoms with Crippen molar-refractivity contribution in [3.05, 3.63) is 40.0 Å². The highest BCUT2D eigenvalue weighted by atomic mass is 32.2. The third-order valence-electron chi connectivity index (χ3n) is 6.33. The minimum Gasteiger partial charge on any atom is -0.367 e. The van der Waals surface area contributed by atoms with Crippen LogP contribution in [0.15, 0.2) is 24.0 Å². The van der Waals surface area contributed by atoms with E-state index in [4.69, 9.17) is 9.32 Å². The van der Waals surface area contributed by atoms with Crippen LogP contribution in [-0.4, -0.2) is 54.8 Å². The van der Waals surface area contributed by atoms with E-state index >= 15 is 0 Å². The molecule has 1 aliphatic heterocycles. The molecule has 11 heteroatoms. The summed E-state index contributed by atoms with van der Waals surface area (Å²) in [5.74, 6) is 1.22. The standard InChI is InChI=1S/C22H31N5O4S2/c1-15-3-2-6-27(10-15)11-17-8-20(32-13-17)21(28)19-9-24-14-25-22(19)26-18-5-4-16(7-18)12-31-33(23,29)30/h8-9,13-16,18H,2-7,10-12H2,1H3,(H2,23,29,30)(H,24,25,26)/t15?,16-,18+/m1/s1. The van der Waals surface area contributed by atoms with E-state index in [1.54, 1.807) is 6.20 Å². The molecule has 0 aromatic carbocycles. The second-order valence-electron chi connectivity index (χ2n) is 9.21. The number of likely N-dealkylation sites (tertiary alicyclic amines) is 1. The highest BCUT2D eigenvalue weighted by Crippen LogP contribution is 2.30. The lowest BCUT2D eigenvalue weighted by molar-refractivity contribution is 0.104. The fourth-order valence-electron chi connectivity index (χ4n) is 4.75. The van der Waals surface area contributed by atoms with Gasteiger partial charge in [-0.25, -0.2) is 15.1 Å². The molecule has 180 valence electrons. The minimum atomic E-state index is -3.93. The van der Waals surface area contributed by atoms with E-state index in [1.807, 2.05) is 6.07 Å². The van der Waals surface area contributed by atoms with Crippen molar-refractivity contribution in [2.45, 2.75) is 51.6 Å². The molecule has 0 amide bonds. The Bertz CT molecular complexity index is 1070. The van der Waals surface area contributed by atoms with Crippen LogP contribution in [0.4, 0.5) is 5.82 Å². The quantitative estimate of drug-likeness (QED) is 0.511. The van der Waals surface area contributed by atoms with Gasteiger partial charge in [-0.15, -0.1) is 11.3 Å². The number of rotatable bonds is 9. The van der Waals surface area contributed by atoms with Crippen LogP contribution in [0.3, 0.4) is 0 Å². The number of aromatic nitrogens is 2. The third-order valence-corrected chi connectivity index (χ3v) is 7.77. The van der Waals surface area contributed by atoms with Gasteiger partial charge in [0.05, 0.1) is 17.0 Å². The molecule has 1 saturated heterocycles. The van der Waals surface area contributed by atoms with Crippen molar-refractivity contribution < 1.29 is 17.4 Å². The Hall–Kier alpha value is -1.92. The van der Waals surface area contributed by atoms with Crippen LogP contribution < -0.4 is 10.5 Å². The molecule has 3 N–H and O–H groups in total. The van der Waals surface area contributed by atoms with Gasteiger partial charge < -0.3 is 5.32 Å². The van der Waals surface area contributed by atoms with Crippen molar-refractivity contribution >= 4 is 33.2 Å². The molecule has 3 heterocycles. The smallest absolute Gasteiger partial charge is 0.333 e. The van der Waals surface area contributed by atoms with E-state index < -0.39 is 10.3 Å². The monoisotopic (exact) mass is 493 g/mol. The van der Waals surface area contributed by atoms with Gasteiger partial charge in [-0.05, 0) is 67.5 Å². The predicted octanol–water partition coefficient (Wildman–Crippen LogP) is 2.80. The van der Waals surface area contributed by atoms with Crippen molar-refractivity contribution in [2.24, 2.45) is 17.0 Å². The summed E-state index contributed by atoms with van der Waals surface area (Å²) >= 11 is 1.46. The molecule has 0 spiro atoms. The number of nitrogens with zero attached hydrogens (tertiary/aromatic N) is 3. The van der Waals surface area contributed by atoms with Gasteiger partial charge in [-0.1, -0.05) is 6.92 Å². The Morgan fingerprint density at radius 2 is 2.21 bits per heavy atom. The van der Waals surface area contributed by atoms with E-state index in [0.29, 0.717) is 22.7 Å². The van der Waals surface area contributed by atoms with E-state index in [0.717, 1.165) is 44.0 Å². The summed E-state index contributed by atoms with van der Waals surface area (Å²) in [6.45, 7) is 5.44. The molecule has 1 saturated carbocycles. The topological polar surface area (TPSA) is 128 Å². The summed E-state index contributed by atoms with van der Waals surface area (Å²) in [6, 6.07) is 2.06. The van der Waals surface area contributed by atoms with E-state index in [2.05, 4.69) is 32.5 Å². The zero-order valence-corrected chi connectivity index (χ0v) is 20.4. The van der Waals surface area contributed by atoms with E-state index in [-0.39, 0.29) is 24.3 Å². The van der Waals surface area contributed by atoms with Gasteiger partial charge >= 0.3 is 10.3 Å². The van der Waals surface area contributed by atoms with Gasteiger partial charge in [0.2, 0.25) is 5.78 Å². The van der Waals surface area contributed by atoms with E-state index in [9.17, 15) is 13.2 Å². The van der Waals surface area contributed by atoms with Crippen LogP contribution in [0.25, 0.3) is 0 Å². The molecule has 4 rings (SSSR count). The van der Waals surface area contributed by atoms with Gasteiger partial charge in [0.1, 0.15) is 12.1 Å². The lowest BCUT2D eigenvalue weighted by Gasteiger charge is -2.30. The molecule has 3 atom stereocenters. The Kier molecular flexibility index (Phi) is 7.75. The van der Waals surface area contributed by atoms with Crippen molar-refractivity contribution in [1.29, 1.82) is 0 Å². The molecule has 9 nitrogen and oxygen atoms in total. The molecule has 0 bridgehead atoms. The zero-order valence-electron chi connectivity index (χ0n) is 18.8. The van der Waals surface area contributed by atoms with Gasteiger partial charge in [0.25, 0.3) is 0 Å². The fourth-order valence-corrected chi connectivity index (χ4v) is 5.99. The number of carbonyl (C=O) groups is 1. The third kappa shape index (κ3) is 6.80. The SMILES string of the molecule is CC1CCCN(Cc2csc(C(=O)c3cncnc3N[C@H]3CC[C@@H](COS(N)(=O)=O)C3)c2)C1. The normalized spacial score (nSPS) is 24.1. The summed E-state index contributed by atoms with van der Waals surface area (Å²) < 4.78 is 26.8. The summed E-state index contributed by atoms with van der Waals surface area (Å²) in [5.41, 5.74) is 1.61. The van der Waals surface area contributed by atoms with Crippen molar-refractivity contribution in [2.75, 3.05) is 25.0 Å². The Morgan fingerprint density at radius 3 is 3.00 bits per heavy atom. The number of nitrogens with one attached hydrogen (secondary N) is 1. The number of ketones is 1. The van der Waals surface area contributed by atoms with Crippen LogP contribution in [0.2, 0.25) is 0 Å². The Balaban J connectivity index is 1.38. The maximum Gasteiger partial charge on any atom is 0.333 e. The molecule has 33 heavy (non-hydrogen) atoms. The summed E-state index contributed by atoms with van der Waals surface area (Å²) in [7, 11) is -3.93. The number of carbonyl (C=O) groups excluding carboxylic acids is 1. The number of hydrogen-bond acceptors (Lipinski definition) is 9.